The number of amides is 1. The maximum atomic E-state index is 13.2. The number of methoxy groups -OCH3 is 2. The van der Waals surface area contributed by atoms with Crippen LogP contribution >= 0.6 is 0 Å². The van der Waals surface area contributed by atoms with Crippen LogP contribution in [0.5, 0.6) is 17.2 Å². The van der Waals surface area contributed by atoms with Crippen molar-refractivity contribution in [3.8, 4) is 17.2 Å². The molecule has 4 rings (SSSR count). The Kier molecular flexibility index (Phi) is 7.01. The lowest BCUT2D eigenvalue weighted by Gasteiger charge is -2.26. The number of aromatic nitrogens is 1. The first-order valence-corrected chi connectivity index (χ1v) is 11.1. The van der Waals surface area contributed by atoms with E-state index >= 15 is 0 Å². The van der Waals surface area contributed by atoms with Crippen LogP contribution in [0.2, 0.25) is 0 Å². The largest absolute Gasteiger partial charge is 0.507 e. The van der Waals surface area contributed by atoms with Crippen LogP contribution in [0, 0.1) is 0 Å². The van der Waals surface area contributed by atoms with Crippen LogP contribution < -0.4 is 14.2 Å². The number of nitrogens with zero attached hydrogens (tertiary/aromatic N) is 2. The first-order valence-electron chi connectivity index (χ1n) is 11.1. The first kappa shape index (κ1) is 23.8. The number of pyridine rings is 1. The Morgan fingerprint density at radius 2 is 1.77 bits per heavy atom. The minimum absolute atomic E-state index is 0.00438. The highest BCUT2D eigenvalue weighted by molar-refractivity contribution is 6.46. The van der Waals surface area contributed by atoms with E-state index in [0.717, 1.165) is 5.56 Å². The molecule has 1 aliphatic heterocycles. The number of aliphatic hydroxyl groups excluding tert-OH is 1. The number of likely N-dealkylation sites (tertiary alicyclic amines) is 1. The number of ether oxygens (including phenoxy) is 3. The van der Waals surface area contributed by atoms with Gasteiger partial charge in [-0.15, -0.1) is 0 Å². The molecule has 1 saturated heterocycles. The van der Waals surface area contributed by atoms with Crippen LogP contribution in [0.4, 0.5) is 0 Å². The average molecular weight is 475 g/mol. The molecular weight excluding hydrogens is 448 g/mol. The van der Waals surface area contributed by atoms with Crippen molar-refractivity contribution in [3.05, 3.63) is 89.3 Å². The van der Waals surface area contributed by atoms with Crippen LogP contribution in [0.15, 0.2) is 72.6 Å². The van der Waals surface area contributed by atoms with E-state index in [0.29, 0.717) is 35.0 Å². The fourth-order valence-electron chi connectivity index (χ4n) is 4.13. The van der Waals surface area contributed by atoms with Crippen molar-refractivity contribution in [2.24, 2.45) is 0 Å². The molecule has 1 fully saturated rings. The third-order valence-electron chi connectivity index (χ3n) is 5.78. The standard InChI is InChI=1S/C27H26N2O6/c1-4-35-20-10-7-18(8-11-20)25(30)23-24(19-9-12-21(33-2)22(14-19)34-3)29(27(32)26(23)31)16-17-6-5-13-28-15-17/h5-15,24,30H,4,16H2,1-3H3/b25-23+. The second kappa shape index (κ2) is 10.3. The van der Waals surface area contributed by atoms with Gasteiger partial charge in [-0.1, -0.05) is 12.1 Å². The summed E-state index contributed by atoms with van der Waals surface area (Å²) in [4.78, 5) is 32.0. The molecule has 0 radical (unpaired) electrons. The Balaban J connectivity index is 1.85. The SMILES string of the molecule is CCOc1ccc(/C(O)=C2\C(=O)C(=O)N(Cc3cccnc3)C2c2ccc(OC)c(OC)c2)cc1. The monoisotopic (exact) mass is 474 g/mol. The summed E-state index contributed by atoms with van der Waals surface area (Å²) in [6, 6.07) is 14.6. The molecule has 8 nitrogen and oxygen atoms in total. The van der Waals surface area contributed by atoms with Crippen molar-refractivity contribution in [2.45, 2.75) is 19.5 Å². The lowest BCUT2D eigenvalue weighted by Crippen LogP contribution is -2.29. The van der Waals surface area contributed by atoms with Crippen LogP contribution in [0.3, 0.4) is 0 Å². The zero-order chi connectivity index (χ0) is 24.9. The Hall–Kier alpha value is -4.33. The number of aliphatic hydroxyl groups is 1. The molecule has 35 heavy (non-hydrogen) atoms. The fourth-order valence-corrected chi connectivity index (χ4v) is 4.13. The predicted molar refractivity (Wildman–Crippen MR) is 129 cm³/mol. The number of hydrogen-bond donors (Lipinski definition) is 1. The van der Waals surface area contributed by atoms with Crippen LogP contribution in [-0.2, 0) is 16.1 Å². The summed E-state index contributed by atoms with van der Waals surface area (Å²) in [5.74, 6) is -0.149. The Bertz CT molecular complexity index is 1250. The Morgan fingerprint density at radius 3 is 2.40 bits per heavy atom. The molecular formula is C27H26N2O6. The summed E-state index contributed by atoms with van der Waals surface area (Å²) >= 11 is 0. The van der Waals surface area contributed by atoms with Gasteiger partial charge in [0, 0.05) is 24.5 Å². The van der Waals surface area contributed by atoms with Gasteiger partial charge in [0.05, 0.1) is 32.4 Å². The van der Waals surface area contributed by atoms with E-state index < -0.39 is 17.7 Å². The Labute approximate surface area is 203 Å². The highest BCUT2D eigenvalue weighted by Crippen LogP contribution is 2.42. The average Bonchev–Trinajstić information content (AvgIpc) is 3.14. The van der Waals surface area contributed by atoms with Gasteiger partial charge in [-0.2, -0.15) is 0 Å². The van der Waals surface area contributed by atoms with Crippen molar-refractivity contribution < 1.29 is 28.9 Å². The molecule has 180 valence electrons. The number of hydrogen-bond acceptors (Lipinski definition) is 7. The van der Waals surface area contributed by atoms with E-state index in [2.05, 4.69) is 4.98 Å². The molecule has 8 heteroatoms. The van der Waals surface area contributed by atoms with Gasteiger partial charge < -0.3 is 24.2 Å². The fraction of sp³-hybridized carbons (Fsp3) is 0.222. The number of Topliss-reactive ketones (excluding diaryl/α,β-unsaturated/α-hetero) is 1. The van der Waals surface area contributed by atoms with E-state index in [9.17, 15) is 14.7 Å². The van der Waals surface area contributed by atoms with Crippen LogP contribution in [0.1, 0.15) is 29.7 Å². The highest BCUT2D eigenvalue weighted by atomic mass is 16.5. The molecule has 0 saturated carbocycles. The van der Waals surface area contributed by atoms with Crippen LogP contribution in [0.25, 0.3) is 5.76 Å². The van der Waals surface area contributed by atoms with Gasteiger partial charge in [0.25, 0.3) is 11.7 Å². The molecule has 0 bridgehead atoms. The molecule has 0 aliphatic carbocycles. The third kappa shape index (κ3) is 4.68. The van der Waals surface area contributed by atoms with Gasteiger partial charge in [0.2, 0.25) is 0 Å². The molecule has 1 N–H and O–H groups in total. The minimum atomic E-state index is -0.846. The molecule has 1 amide bonds. The van der Waals surface area contributed by atoms with Crippen molar-refractivity contribution in [1.82, 2.24) is 9.88 Å². The molecule has 1 atom stereocenters. The summed E-state index contributed by atoms with van der Waals surface area (Å²) in [5, 5.41) is 11.2. The summed E-state index contributed by atoms with van der Waals surface area (Å²) in [6.45, 7) is 2.52. The van der Waals surface area contributed by atoms with Crippen molar-refractivity contribution in [3.63, 3.8) is 0 Å². The van der Waals surface area contributed by atoms with E-state index in [1.54, 1.807) is 60.9 Å². The maximum Gasteiger partial charge on any atom is 0.295 e. The number of carbonyl (C=O) groups excluding carboxylic acids is 2. The summed E-state index contributed by atoms with van der Waals surface area (Å²) in [6.07, 6.45) is 3.27. The molecule has 3 aromatic rings. The summed E-state index contributed by atoms with van der Waals surface area (Å²) in [5.41, 5.74) is 1.74. The lowest BCUT2D eigenvalue weighted by atomic mass is 9.94. The van der Waals surface area contributed by atoms with Gasteiger partial charge in [0.1, 0.15) is 11.5 Å². The quantitative estimate of drug-likeness (QED) is 0.298. The third-order valence-corrected chi connectivity index (χ3v) is 5.78. The van der Waals surface area contributed by atoms with Crippen molar-refractivity contribution in [1.29, 1.82) is 0 Å². The van der Waals surface area contributed by atoms with Gasteiger partial charge in [-0.3, -0.25) is 14.6 Å². The van der Waals surface area contributed by atoms with E-state index in [4.69, 9.17) is 14.2 Å². The maximum absolute atomic E-state index is 13.2. The second-order valence-corrected chi connectivity index (χ2v) is 7.86. The van der Waals surface area contributed by atoms with Crippen molar-refractivity contribution in [2.75, 3.05) is 20.8 Å². The normalized spacial score (nSPS) is 16.9. The topological polar surface area (TPSA) is 98.2 Å². The molecule has 1 aliphatic rings. The zero-order valence-corrected chi connectivity index (χ0v) is 19.7. The number of benzene rings is 2. The zero-order valence-electron chi connectivity index (χ0n) is 19.7. The van der Waals surface area contributed by atoms with Gasteiger partial charge in [0.15, 0.2) is 11.5 Å². The highest BCUT2D eigenvalue weighted by Gasteiger charge is 2.46. The lowest BCUT2D eigenvalue weighted by molar-refractivity contribution is -0.140. The van der Waals surface area contributed by atoms with Gasteiger partial charge >= 0.3 is 0 Å². The van der Waals surface area contributed by atoms with Gasteiger partial charge in [-0.05, 0) is 60.5 Å². The number of rotatable bonds is 8. The first-order chi connectivity index (χ1) is 17.0. The van der Waals surface area contributed by atoms with Gasteiger partial charge in [-0.25, -0.2) is 0 Å². The number of carbonyl (C=O) groups is 2. The van der Waals surface area contributed by atoms with Crippen molar-refractivity contribution >= 4 is 17.4 Å². The molecule has 2 heterocycles. The Morgan fingerprint density at radius 1 is 1.03 bits per heavy atom. The number of ketones is 1. The smallest absolute Gasteiger partial charge is 0.295 e. The molecule has 0 spiro atoms. The minimum Gasteiger partial charge on any atom is -0.507 e. The predicted octanol–water partition coefficient (Wildman–Crippen LogP) is 4.12. The summed E-state index contributed by atoms with van der Waals surface area (Å²) in [7, 11) is 3.03. The summed E-state index contributed by atoms with van der Waals surface area (Å²) < 4.78 is 16.3. The van der Waals surface area contributed by atoms with E-state index in [1.165, 1.54) is 19.1 Å². The molecule has 1 aromatic heterocycles. The van der Waals surface area contributed by atoms with Crippen LogP contribution in [-0.4, -0.2) is 47.5 Å². The van der Waals surface area contributed by atoms with E-state index in [-0.39, 0.29) is 17.9 Å². The van der Waals surface area contributed by atoms with E-state index in [1.807, 2.05) is 13.0 Å². The molecule has 2 aromatic carbocycles. The second-order valence-electron chi connectivity index (χ2n) is 7.86. The molecule has 1 unspecified atom stereocenters.